The minimum atomic E-state index is -0.772. The minimum Gasteiger partial charge on any atom is -0.481 e. The van der Waals surface area contributed by atoms with Crippen LogP contribution in [-0.4, -0.2) is 29.4 Å². The molecular weight excluding hydrogens is 266 g/mol. The standard InChI is InChI=1S/C17H21NO3/c1-13-3-5-14(6-4-13)16-9-7-15(8-10-17(19)20)18(16)11-12-21-2/h3-7,9H,8,10-12H2,1-2H3,(H,19,20). The lowest BCUT2D eigenvalue weighted by Gasteiger charge is -2.13. The van der Waals surface area contributed by atoms with Crippen LogP contribution in [0.2, 0.25) is 0 Å². The van der Waals surface area contributed by atoms with Gasteiger partial charge in [-0.25, -0.2) is 0 Å². The largest absolute Gasteiger partial charge is 0.481 e. The highest BCUT2D eigenvalue weighted by molar-refractivity contribution is 5.67. The number of hydrogen-bond donors (Lipinski definition) is 1. The highest BCUT2D eigenvalue weighted by Gasteiger charge is 2.11. The second kappa shape index (κ2) is 7.09. The molecule has 21 heavy (non-hydrogen) atoms. The quantitative estimate of drug-likeness (QED) is 0.851. The number of carboxylic acids is 1. The second-order valence-electron chi connectivity index (χ2n) is 5.11. The number of nitrogens with zero attached hydrogens (tertiary/aromatic N) is 1. The summed E-state index contributed by atoms with van der Waals surface area (Å²) in [4.78, 5) is 10.8. The van der Waals surface area contributed by atoms with Gasteiger partial charge >= 0.3 is 5.97 Å². The summed E-state index contributed by atoms with van der Waals surface area (Å²) in [6, 6.07) is 12.4. The topological polar surface area (TPSA) is 51.5 Å². The summed E-state index contributed by atoms with van der Waals surface area (Å²) in [5.41, 5.74) is 4.50. The van der Waals surface area contributed by atoms with E-state index >= 15 is 0 Å². The van der Waals surface area contributed by atoms with Crippen LogP contribution >= 0.6 is 0 Å². The summed E-state index contributed by atoms with van der Waals surface area (Å²) in [6.07, 6.45) is 0.676. The molecule has 0 amide bonds. The lowest BCUT2D eigenvalue weighted by Crippen LogP contribution is -2.10. The molecule has 1 aromatic carbocycles. The third-order valence-electron chi connectivity index (χ3n) is 3.53. The average molecular weight is 287 g/mol. The molecule has 112 valence electrons. The molecule has 1 N–H and O–H groups in total. The molecule has 4 heteroatoms. The first kappa shape index (κ1) is 15.3. The van der Waals surface area contributed by atoms with Gasteiger partial charge in [-0.1, -0.05) is 29.8 Å². The fourth-order valence-corrected chi connectivity index (χ4v) is 2.39. The number of aliphatic carboxylic acids is 1. The average Bonchev–Trinajstić information content (AvgIpc) is 2.86. The number of rotatable bonds is 7. The van der Waals surface area contributed by atoms with Crippen LogP contribution in [0.15, 0.2) is 36.4 Å². The van der Waals surface area contributed by atoms with E-state index in [0.29, 0.717) is 13.0 Å². The Kier molecular flexibility index (Phi) is 5.17. The minimum absolute atomic E-state index is 0.143. The van der Waals surface area contributed by atoms with Gasteiger partial charge in [0.25, 0.3) is 0 Å². The van der Waals surface area contributed by atoms with Crippen molar-refractivity contribution >= 4 is 5.97 Å². The Labute approximate surface area is 125 Å². The Hall–Kier alpha value is -2.07. The number of hydrogen-bond acceptors (Lipinski definition) is 2. The van der Waals surface area contributed by atoms with E-state index in [4.69, 9.17) is 9.84 Å². The van der Waals surface area contributed by atoms with Gasteiger partial charge in [0, 0.05) is 25.0 Å². The van der Waals surface area contributed by atoms with E-state index in [1.54, 1.807) is 7.11 Å². The van der Waals surface area contributed by atoms with Crippen molar-refractivity contribution in [1.29, 1.82) is 0 Å². The summed E-state index contributed by atoms with van der Waals surface area (Å²) in [5.74, 6) is -0.772. The van der Waals surface area contributed by atoms with Gasteiger partial charge in [0.1, 0.15) is 0 Å². The zero-order valence-electron chi connectivity index (χ0n) is 12.5. The Bertz CT molecular complexity index is 599. The van der Waals surface area contributed by atoms with Crippen molar-refractivity contribution in [1.82, 2.24) is 4.57 Å². The lowest BCUT2D eigenvalue weighted by atomic mass is 10.1. The lowest BCUT2D eigenvalue weighted by molar-refractivity contribution is -0.136. The van der Waals surface area contributed by atoms with E-state index in [1.165, 1.54) is 5.56 Å². The van der Waals surface area contributed by atoms with Crippen molar-refractivity contribution in [3.05, 3.63) is 47.7 Å². The summed E-state index contributed by atoms with van der Waals surface area (Å²) in [7, 11) is 1.67. The van der Waals surface area contributed by atoms with E-state index in [0.717, 1.165) is 23.5 Å². The van der Waals surface area contributed by atoms with E-state index in [9.17, 15) is 4.79 Å². The summed E-state index contributed by atoms with van der Waals surface area (Å²) in [6.45, 7) is 3.39. The zero-order chi connectivity index (χ0) is 15.2. The van der Waals surface area contributed by atoms with Crippen LogP contribution in [0.4, 0.5) is 0 Å². The fraction of sp³-hybridized carbons (Fsp3) is 0.353. The van der Waals surface area contributed by atoms with Gasteiger partial charge < -0.3 is 14.4 Å². The van der Waals surface area contributed by atoms with Gasteiger partial charge in [-0.05, 0) is 31.0 Å². The van der Waals surface area contributed by atoms with Crippen molar-refractivity contribution in [3.63, 3.8) is 0 Å². The molecule has 1 heterocycles. The molecule has 0 bridgehead atoms. The summed E-state index contributed by atoms with van der Waals surface area (Å²) >= 11 is 0. The Morgan fingerprint density at radius 1 is 1.19 bits per heavy atom. The van der Waals surface area contributed by atoms with E-state index in [-0.39, 0.29) is 6.42 Å². The van der Waals surface area contributed by atoms with Crippen molar-refractivity contribution in [2.45, 2.75) is 26.3 Å². The van der Waals surface area contributed by atoms with E-state index in [1.807, 2.05) is 6.07 Å². The number of carboxylic acid groups (broad SMARTS) is 1. The predicted octanol–water partition coefficient (Wildman–Crippen LogP) is 3.13. The summed E-state index contributed by atoms with van der Waals surface area (Å²) < 4.78 is 7.32. The molecule has 2 rings (SSSR count). The Balaban J connectivity index is 2.31. The predicted molar refractivity (Wildman–Crippen MR) is 82.4 cm³/mol. The van der Waals surface area contributed by atoms with Crippen LogP contribution in [0.25, 0.3) is 11.3 Å². The first-order chi connectivity index (χ1) is 10.1. The van der Waals surface area contributed by atoms with Crippen LogP contribution in [0.3, 0.4) is 0 Å². The summed E-state index contributed by atoms with van der Waals surface area (Å²) in [5, 5.41) is 8.86. The molecule has 0 aliphatic heterocycles. The molecule has 0 saturated heterocycles. The van der Waals surface area contributed by atoms with Crippen molar-refractivity contribution in [2.75, 3.05) is 13.7 Å². The Morgan fingerprint density at radius 3 is 2.52 bits per heavy atom. The second-order valence-corrected chi connectivity index (χ2v) is 5.11. The highest BCUT2D eigenvalue weighted by Crippen LogP contribution is 2.24. The molecule has 0 saturated carbocycles. The number of carbonyl (C=O) groups is 1. The SMILES string of the molecule is COCCn1c(CCC(=O)O)ccc1-c1ccc(C)cc1. The van der Waals surface area contributed by atoms with Gasteiger partial charge in [-0.3, -0.25) is 4.79 Å². The monoisotopic (exact) mass is 287 g/mol. The van der Waals surface area contributed by atoms with Crippen LogP contribution in [0, 0.1) is 6.92 Å². The van der Waals surface area contributed by atoms with Gasteiger partial charge in [-0.2, -0.15) is 0 Å². The molecular formula is C17H21NO3. The normalized spacial score (nSPS) is 10.8. The third kappa shape index (κ3) is 3.95. The molecule has 0 unspecified atom stereocenters. The van der Waals surface area contributed by atoms with Crippen molar-refractivity contribution in [2.24, 2.45) is 0 Å². The number of benzene rings is 1. The van der Waals surface area contributed by atoms with Crippen molar-refractivity contribution in [3.8, 4) is 11.3 Å². The third-order valence-corrected chi connectivity index (χ3v) is 3.53. The molecule has 1 aromatic heterocycles. The van der Waals surface area contributed by atoms with E-state index in [2.05, 4.69) is 41.8 Å². The first-order valence-electron chi connectivity index (χ1n) is 7.08. The molecule has 0 aliphatic rings. The maximum Gasteiger partial charge on any atom is 0.303 e. The van der Waals surface area contributed by atoms with Crippen LogP contribution in [0.5, 0.6) is 0 Å². The number of aryl methyl sites for hydroxylation is 2. The Morgan fingerprint density at radius 2 is 1.90 bits per heavy atom. The van der Waals surface area contributed by atoms with Crippen molar-refractivity contribution < 1.29 is 14.6 Å². The first-order valence-corrected chi connectivity index (χ1v) is 7.08. The molecule has 2 aromatic rings. The smallest absolute Gasteiger partial charge is 0.303 e. The molecule has 4 nitrogen and oxygen atoms in total. The zero-order valence-corrected chi connectivity index (χ0v) is 12.5. The van der Waals surface area contributed by atoms with E-state index < -0.39 is 5.97 Å². The van der Waals surface area contributed by atoms with Gasteiger partial charge in [0.15, 0.2) is 0 Å². The van der Waals surface area contributed by atoms with Crippen LogP contribution in [-0.2, 0) is 22.5 Å². The highest BCUT2D eigenvalue weighted by atomic mass is 16.5. The number of ether oxygens (including phenoxy) is 1. The molecule has 0 aliphatic carbocycles. The molecule has 0 radical (unpaired) electrons. The van der Waals surface area contributed by atoms with Crippen LogP contribution in [0.1, 0.15) is 17.7 Å². The number of methoxy groups -OCH3 is 1. The van der Waals surface area contributed by atoms with Gasteiger partial charge in [0.05, 0.1) is 13.0 Å². The molecule has 0 atom stereocenters. The van der Waals surface area contributed by atoms with Gasteiger partial charge in [0.2, 0.25) is 0 Å². The fourth-order valence-electron chi connectivity index (χ4n) is 2.39. The van der Waals surface area contributed by atoms with Gasteiger partial charge in [-0.15, -0.1) is 0 Å². The van der Waals surface area contributed by atoms with Crippen LogP contribution < -0.4 is 0 Å². The molecule has 0 fully saturated rings. The maximum atomic E-state index is 10.8. The maximum absolute atomic E-state index is 10.8. The number of aromatic nitrogens is 1. The molecule has 0 spiro atoms.